The Kier molecular flexibility index (Phi) is 6.02. The Morgan fingerprint density at radius 1 is 1.03 bits per heavy atom. The molecule has 32 heavy (non-hydrogen) atoms. The van der Waals surface area contributed by atoms with Crippen molar-refractivity contribution in [3.63, 3.8) is 0 Å². The lowest BCUT2D eigenvalue weighted by Gasteiger charge is -2.19. The van der Waals surface area contributed by atoms with Gasteiger partial charge in [-0.3, -0.25) is 4.79 Å². The topological polar surface area (TPSA) is 94.2 Å². The summed E-state index contributed by atoms with van der Waals surface area (Å²) in [5, 5.41) is 2.81. The summed E-state index contributed by atoms with van der Waals surface area (Å²) in [7, 11) is -0.714. The van der Waals surface area contributed by atoms with Gasteiger partial charge < -0.3 is 19.5 Å². The summed E-state index contributed by atoms with van der Waals surface area (Å²) in [5.74, 6) is 1.32. The molecule has 4 rings (SSSR count). The Hall–Kier alpha value is -3.56. The zero-order valence-corrected chi connectivity index (χ0v) is 18.4. The van der Waals surface area contributed by atoms with Crippen LogP contribution >= 0.6 is 0 Å². The lowest BCUT2D eigenvalue weighted by Crippen LogP contribution is -2.27. The van der Waals surface area contributed by atoms with Crippen molar-refractivity contribution < 1.29 is 27.4 Å². The highest BCUT2D eigenvalue weighted by atomic mass is 32.2. The first-order valence-electron chi connectivity index (χ1n) is 9.78. The fraction of sp³-hybridized carbons (Fsp3) is 0.174. The van der Waals surface area contributed by atoms with Crippen molar-refractivity contribution >= 4 is 21.6 Å². The molecule has 9 heteroatoms. The largest absolute Gasteiger partial charge is 0.496 e. The number of rotatable bonds is 7. The average Bonchev–Trinajstić information content (AvgIpc) is 3.27. The number of methoxy groups -OCH3 is 1. The number of carbonyl (C=O) groups excluding carboxylic acids is 1. The summed E-state index contributed by atoms with van der Waals surface area (Å²) in [6.07, 6.45) is 0. The van der Waals surface area contributed by atoms with Crippen LogP contribution in [0.3, 0.4) is 0 Å². The van der Waals surface area contributed by atoms with Gasteiger partial charge in [-0.2, -0.15) is 4.31 Å². The van der Waals surface area contributed by atoms with Gasteiger partial charge in [-0.15, -0.1) is 0 Å². The maximum absolute atomic E-state index is 12.9. The number of anilines is 1. The molecule has 0 unspecified atom stereocenters. The van der Waals surface area contributed by atoms with E-state index in [0.717, 1.165) is 0 Å². The molecule has 0 bridgehead atoms. The highest BCUT2D eigenvalue weighted by molar-refractivity contribution is 7.89. The first-order valence-corrected chi connectivity index (χ1v) is 11.2. The lowest BCUT2D eigenvalue weighted by molar-refractivity contribution is 0.102. The minimum Gasteiger partial charge on any atom is -0.496 e. The second kappa shape index (κ2) is 8.89. The van der Waals surface area contributed by atoms with E-state index in [2.05, 4.69) is 5.32 Å². The fourth-order valence-corrected chi connectivity index (χ4v) is 4.49. The minimum absolute atomic E-state index is 0.0333. The first-order chi connectivity index (χ1) is 15.4. The minimum atomic E-state index is -3.70. The van der Waals surface area contributed by atoms with Crippen molar-refractivity contribution in [1.82, 2.24) is 4.31 Å². The molecule has 0 fully saturated rings. The number of carbonyl (C=O) groups is 1. The van der Waals surface area contributed by atoms with E-state index in [1.165, 1.54) is 30.6 Å². The number of nitrogens with zero attached hydrogens (tertiary/aromatic N) is 1. The van der Waals surface area contributed by atoms with Crippen LogP contribution in [0.1, 0.15) is 15.9 Å². The van der Waals surface area contributed by atoms with E-state index in [0.29, 0.717) is 34.1 Å². The number of hydrogen-bond acceptors (Lipinski definition) is 6. The van der Waals surface area contributed by atoms with Gasteiger partial charge in [0.2, 0.25) is 16.8 Å². The molecule has 0 spiro atoms. The van der Waals surface area contributed by atoms with E-state index in [1.807, 2.05) is 0 Å². The van der Waals surface area contributed by atoms with Crippen molar-refractivity contribution in [2.75, 3.05) is 26.3 Å². The second-order valence-electron chi connectivity index (χ2n) is 7.12. The van der Waals surface area contributed by atoms with Crippen LogP contribution in [-0.2, 0) is 16.6 Å². The monoisotopic (exact) mass is 454 g/mol. The molecule has 166 valence electrons. The molecule has 0 aliphatic carbocycles. The van der Waals surface area contributed by atoms with E-state index in [9.17, 15) is 13.2 Å². The third kappa shape index (κ3) is 4.39. The van der Waals surface area contributed by atoms with Crippen LogP contribution in [-0.4, -0.2) is 39.6 Å². The molecule has 1 heterocycles. The van der Waals surface area contributed by atoms with Gasteiger partial charge in [-0.1, -0.05) is 18.2 Å². The Morgan fingerprint density at radius 2 is 1.78 bits per heavy atom. The zero-order chi connectivity index (χ0) is 22.7. The zero-order valence-electron chi connectivity index (χ0n) is 17.6. The number of sulfonamides is 1. The van der Waals surface area contributed by atoms with Gasteiger partial charge in [0, 0.05) is 36.5 Å². The molecule has 1 N–H and O–H groups in total. The number of hydrogen-bond donors (Lipinski definition) is 1. The molecule has 0 saturated carbocycles. The van der Waals surface area contributed by atoms with Crippen LogP contribution in [0.4, 0.5) is 5.69 Å². The Morgan fingerprint density at radius 3 is 2.53 bits per heavy atom. The first kappa shape index (κ1) is 21.7. The molecule has 1 amide bonds. The van der Waals surface area contributed by atoms with Crippen molar-refractivity contribution in [3.8, 4) is 17.2 Å². The summed E-state index contributed by atoms with van der Waals surface area (Å²) in [6, 6.07) is 18.2. The van der Waals surface area contributed by atoms with Crippen LogP contribution in [0.15, 0.2) is 71.6 Å². The molecule has 8 nitrogen and oxygen atoms in total. The van der Waals surface area contributed by atoms with Gasteiger partial charge in [0.15, 0.2) is 11.5 Å². The smallest absolute Gasteiger partial charge is 0.255 e. The van der Waals surface area contributed by atoms with Gasteiger partial charge in [0.1, 0.15) is 5.75 Å². The molecular weight excluding hydrogens is 432 g/mol. The van der Waals surface area contributed by atoms with Gasteiger partial charge in [-0.05, 0) is 42.5 Å². The van der Waals surface area contributed by atoms with Gasteiger partial charge in [0.25, 0.3) is 5.91 Å². The van der Waals surface area contributed by atoms with Gasteiger partial charge >= 0.3 is 0 Å². The summed E-state index contributed by atoms with van der Waals surface area (Å²) >= 11 is 0. The van der Waals surface area contributed by atoms with Gasteiger partial charge in [0.05, 0.1) is 12.0 Å². The predicted octanol–water partition coefficient (Wildman–Crippen LogP) is 3.50. The van der Waals surface area contributed by atoms with Gasteiger partial charge in [-0.25, -0.2) is 8.42 Å². The van der Waals surface area contributed by atoms with E-state index in [4.69, 9.17) is 14.2 Å². The molecule has 0 aromatic heterocycles. The SMILES string of the molecule is COc1ccc(C(=O)Nc2ccc3c(c2)OCO3)cc1CN(C)S(=O)(=O)c1ccccc1. The van der Waals surface area contributed by atoms with Crippen LogP contribution in [0.25, 0.3) is 0 Å². The number of nitrogens with one attached hydrogen (secondary N) is 1. The van der Waals surface area contributed by atoms with Crippen molar-refractivity contribution in [2.45, 2.75) is 11.4 Å². The molecular formula is C23H22N2O6S. The average molecular weight is 455 g/mol. The standard InChI is InChI=1S/C23H22N2O6S/c1-25(32(27,28)19-6-4-3-5-7-19)14-17-12-16(8-10-20(17)29-2)23(26)24-18-9-11-21-22(13-18)31-15-30-21/h3-13H,14-15H2,1-2H3,(H,24,26). The summed E-state index contributed by atoms with van der Waals surface area (Å²) in [6.45, 7) is 0.180. The fourth-order valence-electron chi connectivity index (χ4n) is 3.32. The molecule has 1 aliphatic rings. The molecule has 1 aliphatic heterocycles. The molecule has 3 aromatic rings. The van der Waals surface area contributed by atoms with Crippen LogP contribution in [0.5, 0.6) is 17.2 Å². The summed E-state index contributed by atoms with van der Waals surface area (Å²) in [5.41, 5.74) is 1.48. The van der Waals surface area contributed by atoms with Crippen molar-refractivity contribution in [3.05, 3.63) is 77.9 Å². The maximum atomic E-state index is 12.9. The molecule has 0 saturated heterocycles. The highest BCUT2D eigenvalue weighted by Crippen LogP contribution is 2.34. The lowest BCUT2D eigenvalue weighted by atomic mass is 10.1. The van der Waals surface area contributed by atoms with E-state index >= 15 is 0 Å². The predicted molar refractivity (Wildman–Crippen MR) is 119 cm³/mol. The van der Waals surface area contributed by atoms with E-state index in [1.54, 1.807) is 54.6 Å². The Bertz CT molecular complexity index is 1240. The molecule has 0 atom stereocenters. The number of ether oxygens (including phenoxy) is 3. The highest BCUT2D eigenvalue weighted by Gasteiger charge is 2.22. The third-order valence-electron chi connectivity index (χ3n) is 5.02. The van der Waals surface area contributed by atoms with Crippen LogP contribution < -0.4 is 19.5 Å². The third-order valence-corrected chi connectivity index (χ3v) is 6.84. The second-order valence-corrected chi connectivity index (χ2v) is 9.17. The molecule has 0 radical (unpaired) electrons. The Balaban J connectivity index is 1.55. The van der Waals surface area contributed by atoms with Crippen LogP contribution in [0, 0.1) is 0 Å². The molecule has 3 aromatic carbocycles. The van der Waals surface area contributed by atoms with Crippen LogP contribution in [0.2, 0.25) is 0 Å². The van der Waals surface area contributed by atoms with Crippen molar-refractivity contribution in [1.29, 1.82) is 0 Å². The normalized spacial score (nSPS) is 12.6. The van der Waals surface area contributed by atoms with Crippen molar-refractivity contribution in [2.24, 2.45) is 0 Å². The van der Waals surface area contributed by atoms with E-state index < -0.39 is 10.0 Å². The Labute approximate surface area is 186 Å². The number of fused-ring (bicyclic) bond motifs is 1. The number of amides is 1. The van der Waals surface area contributed by atoms with E-state index in [-0.39, 0.29) is 24.1 Å². The summed E-state index contributed by atoms with van der Waals surface area (Å²) < 4.78 is 43.0. The summed E-state index contributed by atoms with van der Waals surface area (Å²) in [4.78, 5) is 13.0. The quantitative estimate of drug-likeness (QED) is 0.587. The number of benzene rings is 3. The maximum Gasteiger partial charge on any atom is 0.255 e.